The molecule has 3 aromatic carbocycles. The highest BCUT2D eigenvalue weighted by atomic mass is 32.2. The van der Waals surface area contributed by atoms with Crippen LogP contribution in [0, 0.1) is 12.8 Å². The number of sulfonamides is 1. The van der Waals surface area contributed by atoms with Crippen molar-refractivity contribution in [3.05, 3.63) is 71.8 Å². The van der Waals surface area contributed by atoms with E-state index >= 15 is 0 Å². The van der Waals surface area contributed by atoms with Gasteiger partial charge in [0.1, 0.15) is 0 Å². The molecule has 3 atom stereocenters. The molecule has 0 saturated carbocycles. The summed E-state index contributed by atoms with van der Waals surface area (Å²) in [6.45, 7) is 5.77. The van der Waals surface area contributed by atoms with Crippen LogP contribution in [0.25, 0.3) is 10.8 Å². The minimum atomic E-state index is -3.86. The maximum Gasteiger partial charge on any atom is 0.255 e. The number of nitrogens with one attached hydrogen (secondary N) is 3. The van der Waals surface area contributed by atoms with Crippen LogP contribution in [0.15, 0.2) is 65.6 Å². The molecule has 200 valence electrons. The van der Waals surface area contributed by atoms with E-state index in [2.05, 4.69) is 15.4 Å². The Morgan fingerprint density at radius 1 is 0.974 bits per heavy atom. The van der Waals surface area contributed by atoms with E-state index < -0.39 is 10.0 Å². The lowest BCUT2D eigenvalue weighted by Crippen LogP contribution is -2.54. The van der Waals surface area contributed by atoms with Crippen LogP contribution in [-0.2, 0) is 14.8 Å². The second-order valence-corrected chi connectivity index (χ2v) is 12.0. The van der Waals surface area contributed by atoms with Crippen molar-refractivity contribution in [2.24, 2.45) is 5.92 Å². The zero-order chi connectivity index (χ0) is 26.9. The van der Waals surface area contributed by atoms with E-state index in [-0.39, 0.29) is 34.7 Å². The van der Waals surface area contributed by atoms with Gasteiger partial charge in [-0.2, -0.15) is 0 Å². The Bertz CT molecular complexity index is 1470. The molecular weight excluding hydrogens is 500 g/mol. The van der Waals surface area contributed by atoms with Gasteiger partial charge in [-0.1, -0.05) is 49.4 Å². The molecule has 0 aromatic heterocycles. The smallest absolute Gasteiger partial charge is 0.255 e. The van der Waals surface area contributed by atoms with Crippen LogP contribution in [0.4, 0.5) is 5.69 Å². The van der Waals surface area contributed by atoms with Crippen molar-refractivity contribution < 1.29 is 18.0 Å². The molecule has 2 amide bonds. The topological polar surface area (TPSA) is 108 Å². The number of hydrogen-bond donors (Lipinski definition) is 3. The van der Waals surface area contributed by atoms with E-state index in [1.165, 1.54) is 0 Å². The fourth-order valence-electron chi connectivity index (χ4n) is 5.54. The number of nitrogens with zero attached hydrogens (tertiary/aromatic N) is 1. The molecule has 38 heavy (non-hydrogen) atoms. The van der Waals surface area contributed by atoms with Crippen LogP contribution >= 0.6 is 0 Å². The first-order valence-electron chi connectivity index (χ1n) is 13.2. The second-order valence-electron chi connectivity index (χ2n) is 10.4. The highest BCUT2D eigenvalue weighted by Gasteiger charge is 2.35. The zero-order valence-corrected chi connectivity index (χ0v) is 22.6. The van der Waals surface area contributed by atoms with E-state index in [1.54, 1.807) is 36.4 Å². The van der Waals surface area contributed by atoms with Gasteiger partial charge in [0, 0.05) is 41.2 Å². The van der Waals surface area contributed by atoms with Gasteiger partial charge >= 0.3 is 0 Å². The monoisotopic (exact) mass is 534 g/mol. The van der Waals surface area contributed by atoms with Gasteiger partial charge in [0.15, 0.2) is 0 Å². The number of piperidine rings is 1. The molecule has 2 aliphatic rings. The summed E-state index contributed by atoms with van der Waals surface area (Å²) >= 11 is 0. The van der Waals surface area contributed by atoms with Gasteiger partial charge in [-0.3, -0.25) is 9.59 Å². The zero-order valence-electron chi connectivity index (χ0n) is 21.7. The molecule has 0 bridgehead atoms. The lowest BCUT2D eigenvalue weighted by atomic mass is 9.94. The van der Waals surface area contributed by atoms with Crippen molar-refractivity contribution >= 4 is 38.3 Å². The molecule has 9 heteroatoms. The van der Waals surface area contributed by atoms with Gasteiger partial charge in [0.25, 0.3) is 5.91 Å². The van der Waals surface area contributed by atoms with E-state index in [4.69, 9.17) is 0 Å². The number of aryl methyl sites for hydroxylation is 1. The summed E-state index contributed by atoms with van der Waals surface area (Å²) < 4.78 is 30.1. The molecule has 8 nitrogen and oxygen atoms in total. The van der Waals surface area contributed by atoms with Crippen molar-refractivity contribution in [2.45, 2.75) is 50.1 Å². The molecule has 5 rings (SSSR count). The summed E-state index contributed by atoms with van der Waals surface area (Å²) in [6, 6.07) is 17.3. The second kappa shape index (κ2) is 10.8. The highest BCUT2D eigenvalue weighted by molar-refractivity contribution is 7.89. The Morgan fingerprint density at radius 3 is 2.47 bits per heavy atom. The van der Waals surface area contributed by atoms with Crippen molar-refractivity contribution in [1.82, 2.24) is 14.9 Å². The average Bonchev–Trinajstić information content (AvgIpc) is 3.44. The SMILES string of the molecule is Cc1ccccc1C(=O)Nc1cccc2c(S(=O)(=O)N[C@@H]3CCN(C(=O)[C@@H]4CCCN4)C[C@H]3C)cccc12. The molecule has 2 saturated heterocycles. The number of likely N-dealkylation sites (tertiary alicyclic amines) is 1. The molecule has 2 aliphatic heterocycles. The predicted octanol–water partition coefficient (Wildman–Crippen LogP) is 3.67. The molecular formula is C29H34N4O4S. The lowest BCUT2D eigenvalue weighted by Gasteiger charge is -2.38. The van der Waals surface area contributed by atoms with Crippen molar-refractivity contribution in [3.8, 4) is 0 Å². The molecule has 2 heterocycles. The third-order valence-electron chi connectivity index (χ3n) is 7.69. The summed E-state index contributed by atoms with van der Waals surface area (Å²) in [7, 11) is -3.86. The summed E-state index contributed by atoms with van der Waals surface area (Å²) in [5.41, 5.74) is 1.98. The molecule has 3 N–H and O–H groups in total. The van der Waals surface area contributed by atoms with Crippen molar-refractivity contribution in [2.75, 3.05) is 25.0 Å². The Labute approximate surface area is 223 Å². The minimum Gasteiger partial charge on any atom is -0.341 e. The number of benzene rings is 3. The largest absolute Gasteiger partial charge is 0.341 e. The van der Waals surface area contributed by atoms with E-state index in [0.717, 1.165) is 24.9 Å². The predicted molar refractivity (Wildman–Crippen MR) is 149 cm³/mol. The Hall–Kier alpha value is -3.27. The van der Waals surface area contributed by atoms with Gasteiger partial charge in [-0.15, -0.1) is 0 Å². The summed E-state index contributed by atoms with van der Waals surface area (Å²) in [4.78, 5) is 27.8. The van der Waals surface area contributed by atoms with E-state index in [9.17, 15) is 18.0 Å². The number of anilines is 1. The van der Waals surface area contributed by atoms with Crippen LogP contribution in [0.1, 0.15) is 42.1 Å². The fraction of sp³-hybridized carbons (Fsp3) is 0.379. The fourth-order valence-corrected chi connectivity index (χ4v) is 7.14. The number of fused-ring (bicyclic) bond motifs is 1. The Balaban J connectivity index is 1.34. The van der Waals surface area contributed by atoms with Crippen molar-refractivity contribution in [1.29, 1.82) is 0 Å². The molecule has 0 aliphatic carbocycles. The van der Waals surface area contributed by atoms with Crippen LogP contribution in [-0.4, -0.2) is 56.9 Å². The number of hydrogen-bond acceptors (Lipinski definition) is 5. The first-order chi connectivity index (χ1) is 18.2. The lowest BCUT2D eigenvalue weighted by molar-refractivity contribution is -0.135. The quantitative estimate of drug-likeness (QED) is 0.447. The van der Waals surface area contributed by atoms with Gasteiger partial charge in [0.2, 0.25) is 15.9 Å². The Kier molecular flexibility index (Phi) is 7.52. The number of amides is 2. The molecule has 3 aromatic rings. The summed E-state index contributed by atoms with van der Waals surface area (Å²) in [5.74, 6) is -0.155. The average molecular weight is 535 g/mol. The van der Waals surface area contributed by atoms with Gasteiger partial charge in [-0.05, 0) is 62.4 Å². The molecule has 2 fully saturated rings. The number of carbonyl (C=O) groups excluding carboxylic acids is 2. The molecule has 0 unspecified atom stereocenters. The molecule has 0 radical (unpaired) electrons. The van der Waals surface area contributed by atoms with Crippen molar-refractivity contribution in [3.63, 3.8) is 0 Å². The third kappa shape index (κ3) is 5.32. The third-order valence-corrected chi connectivity index (χ3v) is 9.24. The van der Waals surface area contributed by atoms with Gasteiger partial charge in [-0.25, -0.2) is 13.1 Å². The first kappa shape index (κ1) is 26.3. The first-order valence-corrected chi connectivity index (χ1v) is 14.7. The highest BCUT2D eigenvalue weighted by Crippen LogP contribution is 2.30. The minimum absolute atomic E-state index is 0.0252. The number of carbonyl (C=O) groups is 2. The summed E-state index contributed by atoms with van der Waals surface area (Å²) in [5, 5.41) is 7.39. The van der Waals surface area contributed by atoms with Gasteiger partial charge < -0.3 is 15.5 Å². The number of rotatable bonds is 6. The van der Waals surface area contributed by atoms with Crippen LogP contribution in [0.5, 0.6) is 0 Å². The summed E-state index contributed by atoms with van der Waals surface area (Å²) in [6.07, 6.45) is 2.42. The Morgan fingerprint density at radius 2 is 1.74 bits per heavy atom. The van der Waals surface area contributed by atoms with Crippen LogP contribution in [0.3, 0.4) is 0 Å². The maximum absolute atomic E-state index is 13.6. The van der Waals surface area contributed by atoms with Gasteiger partial charge in [0.05, 0.1) is 10.9 Å². The van der Waals surface area contributed by atoms with E-state index in [0.29, 0.717) is 41.5 Å². The van der Waals surface area contributed by atoms with Crippen LogP contribution < -0.4 is 15.4 Å². The van der Waals surface area contributed by atoms with Crippen LogP contribution in [0.2, 0.25) is 0 Å². The molecule has 0 spiro atoms. The standard InChI is InChI=1S/C29H34N4O4S/c1-19-8-3-4-9-21(19)28(34)31-25-12-5-11-23-22(25)10-6-14-27(23)38(36,37)32-24-15-17-33(18-20(24)2)29(35)26-13-7-16-30-26/h3-6,8-12,14,20,24,26,30,32H,7,13,15-18H2,1-2H3,(H,31,34)/t20-,24-,26+/m1/s1. The normalized spacial score (nSPS) is 21.9. The maximum atomic E-state index is 13.6. The van der Waals surface area contributed by atoms with E-state index in [1.807, 2.05) is 43.0 Å².